The first kappa shape index (κ1) is 12.6. The lowest BCUT2D eigenvalue weighted by Crippen LogP contribution is -2.41. The number of hydrogen-bond acceptors (Lipinski definition) is 3. The summed E-state index contributed by atoms with van der Waals surface area (Å²) >= 11 is 1.60. The highest BCUT2D eigenvalue weighted by molar-refractivity contribution is 7.14. The van der Waals surface area contributed by atoms with E-state index >= 15 is 0 Å². The molecule has 1 amide bonds. The predicted molar refractivity (Wildman–Crippen MR) is 71.5 cm³/mol. The summed E-state index contributed by atoms with van der Waals surface area (Å²) in [7, 11) is 0. The largest absolute Gasteiger partial charge is 0.338 e. The fraction of sp³-hybridized carbons (Fsp3) is 0.615. The van der Waals surface area contributed by atoms with Crippen molar-refractivity contribution in [3.8, 4) is 0 Å². The molecule has 0 spiro atoms. The second-order valence-corrected chi connectivity index (χ2v) is 6.10. The van der Waals surface area contributed by atoms with Crippen LogP contribution in [0.4, 0.5) is 0 Å². The number of aryl methyl sites for hydroxylation is 2. The number of amides is 1. The maximum atomic E-state index is 12.3. The van der Waals surface area contributed by atoms with Crippen molar-refractivity contribution in [1.82, 2.24) is 4.90 Å². The number of thiophene rings is 1. The minimum absolute atomic E-state index is 0.185. The lowest BCUT2D eigenvalue weighted by atomic mass is 9.98. The third-order valence-electron chi connectivity index (χ3n) is 3.52. The van der Waals surface area contributed by atoms with Gasteiger partial charge in [0, 0.05) is 18.0 Å². The molecule has 1 unspecified atom stereocenters. The van der Waals surface area contributed by atoms with Crippen LogP contribution >= 0.6 is 11.3 Å². The molecule has 0 aromatic carbocycles. The Balaban J connectivity index is 2.09. The predicted octanol–water partition coefficient (Wildman–Crippen LogP) is 2.18. The monoisotopic (exact) mass is 252 g/mol. The van der Waals surface area contributed by atoms with Crippen molar-refractivity contribution in [1.29, 1.82) is 0 Å². The number of hydrogen-bond donors (Lipinski definition) is 1. The number of carbonyl (C=O) groups excluding carboxylic acids is 1. The van der Waals surface area contributed by atoms with E-state index in [0.717, 1.165) is 30.8 Å². The zero-order valence-corrected chi connectivity index (χ0v) is 11.3. The summed E-state index contributed by atoms with van der Waals surface area (Å²) in [5.41, 5.74) is 6.91. The summed E-state index contributed by atoms with van der Waals surface area (Å²) in [6.07, 6.45) is 2.24. The van der Waals surface area contributed by atoms with Crippen molar-refractivity contribution in [3.05, 3.63) is 21.4 Å². The minimum Gasteiger partial charge on any atom is -0.338 e. The number of nitrogens with two attached hydrogens (primary N) is 1. The van der Waals surface area contributed by atoms with Gasteiger partial charge < -0.3 is 10.6 Å². The molecule has 1 aromatic rings. The van der Waals surface area contributed by atoms with E-state index in [1.165, 1.54) is 10.4 Å². The Morgan fingerprint density at radius 2 is 2.35 bits per heavy atom. The number of rotatable bonds is 2. The maximum Gasteiger partial charge on any atom is 0.263 e. The summed E-state index contributed by atoms with van der Waals surface area (Å²) in [6.45, 7) is 6.51. The van der Waals surface area contributed by atoms with E-state index in [1.54, 1.807) is 11.3 Å². The Morgan fingerprint density at radius 1 is 1.59 bits per heavy atom. The Hall–Kier alpha value is -0.870. The molecule has 2 N–H and O–H groups in total. The molecule has 3 nitrogen and oxygen atoms in total. The minimum atomic E-state index is 0.185. The second kappa shape index (κ2) is 5.19. The molecule has 94 valence electrons. The van der Waals surface area contributed by atoms with Crippen LogP contribution in [0.5, 0.6) is 0 Å². The number of likely N-dealkylation sites (tertiary alicyclic amines) is 1. The van der Waals surface area contributed by atoms with E-state index in [9.17, 15) is 4.79 Å². The Morgan fingerprint density at radius 3 is 2.94 bits per heavy atom. The van der Waals surface area contributed by atoms with Gasteiger partial charge in [-0.05, 0) is 50.8 Å². The van der Waals surface area contributed by atoms with Crippen LogP contribution in [0, 0.1) is 19.8 Å². The molecule has 2 rings (SSSR count). The van der Waals surface area contributed by atoms with Crippen molar-refractivity contribution < 1.29 is 4.79 Å². The van der Waals surface area contributed by atoms with Crippen LogP contribution in [0.3, 0.4) is 0 Å². The molecule has 0 bridgehead atoms. The molecule has 1 aliphatic heterocycles. The molecular formula is C13H20N2OS. The summed E-state index contributed by atoms with van der Waals surface area (Å²) < 4.78 is 0. The fourth-order valence-corrected chi connectivity index (χ4v) is 3.28. The van der Waals surface area contributed by atoms with Gasteiger partial charge >= 0.3 is 0 Å². The standard InChI is InChI=1S/C13H20N2OS/c1-9-6-12(17-10(9)2)13(16)15-5-3-4-11(7-14)8-15/h6,11H,3-5,7-8,14H2,1-2H3. The number of piperidine rings is 1. The summed E-state index contributed by atoms with van der Waals surface area (Å²) in [6, 6.07) is 2.01. The first-order valence-electron chi connectivity index (χ1n) is 6.18. The molecule has 0 radical (unpaired) electrons. The summed E-state index contributed by atoms with van der Waals surface area (Å²) in [5, 5.41) is 0. The van der Waals surface area contributed by atoms with E-state index in [2.05, 4.69) is 13.8 Å². The zero-order valence-electron chi connectivity index (χ0n) is 10.5. The van der Waals surface area contributed by atoms with Crippen LogP contribution < -0.4 is 5.73 Å². The average Bonchev–Trinajstić information content (AvgIpc) is 2.69. The van der Waals surface area contributed by atoms with Gasteiger partial charge in [-0.1, -0.05) is 0 Å². The first-order valence-corrected chi connectivity index (χ1v) is 7.00. The zero-order chi connectivity index (χ0) is 12.4. The molecule has 1 aliphatic rings. The van der Waals surface area contributed by atoms with Crippen molar-refractivity contribution >= 4 is 17.2 Å². The first-order chi connectivity index (χ1) is 8.11. The Labute approximate surface area is 107 Å². The van der Waals surface area contributed by atoms with Crippen LogP contribution in [0.15, 0.2) is 6.07 Å². The lowest BCUT2D eigenvalue weighted by molar-refractivity contribution is 0.0683. The van der Waals surface area contributed by atoms with Gasteiger partial charge in [0.15, 0.2) is 0 Å². The van der Waals surface area contributed by atoms with Gasteiger partial charge in [0.2, 0.25) is 0 Å². The highest BCUT2D eigenvalue weighted by Gasteiger charge is 2.24. The molecule has 1 atom stereocenters. The van der Waals surface area contributed by atoms with Crippen molar-refractivity contribution in [2.45, 2.75) is 26.7 Å². The molecule has 17 heavy (non-hydrogen) atoms. The van der Waals surface area contributed by atoms with Crippen LogP contribution in [-0.4, -0.2) is 30.4 Å². The molecule has 1 fully saturated rings. The van der Waals surface area contributed by atoms with Gasteiger partial charge in [0.25, 0.3) is 5.91 Å². The Bertz CT molecular complexity index is 394. The van der Waals surface area contributed by atoms with Crippen LogP contribution in [0.25, 0.3) is 0 Å². The van der Waals surface area contributed by atoms with Crippen molar-refractivity contribution in [2.75, 3.05) is 19.6 Å². The molecule has 0 saturated carbocycles. The Kier molecular flexibility index (Phi) is 3.84. The summed E-state index contributed by atoms with van der Waals surface area (Å²) in [5.74, 6) is 0.666. The smallest absolute Gasteiger partial charge is 0.263 e. The molecule has 4 heteroatoms. The fourth-order valence-electron chi connectivity index (χ4n) is 2.28. The van der Waals surface area contributed by atoms with E-state index < -0.39 is 0 Å². The van der Waals surface area contributed by atoms with Gasteiger partial charge in [-0.2, -0.15) is 0 Å². The van der Waals surface area contributed by atoms with Crippen LogP contribution in [-0.2, 0) is 0 Å². The van der Waals surface area contributed by atoms with Gasteiger partial charge in [-0.25, -0.2) is 0 Å². The topological polar surface area (TPSA) is 46.3 Å². The van der Waals surface area contributed by atoms with Gasteiger partial charge in [-0.15, -0.1) is 11.3 Å². The highest BCUT2D eigenvalue weighted by Crippen LogP contribution is 2.24. The molecule has 0 aliphatic carbocycles. The highest BCUT2D eigenvalue weighted by atomic mass is 32.1. The van der Waals surface area contributed by atoms with Crippen molar-refractivity contribution in [3.63, 3.8) is 0 Å². The molecule has 2 heterocycles. The SMILES string of the molecule is Cc1cc(C(=O)N2CCCC(CN)C2)sc1C. The van der Waals surface area contributed by atoms with Gasteiger partial charge in [0.05, 0.1) is 4.88 Å². The maximum absolute atomic E-state index is 12.3. The number of carbonyl (C=O) groups is 1. The molecule has 1 aromatic heterocycles. The van der Waals surface area contributed by atoms with E-state index in [0.29, 0.717) is 12.5 Å². The van der Waals surface area contributed by atoms with E-state index in [4.69, 9.17) is 5.73 Å². The second-order valence-electron chi connectivity index (χ2n) is 4.84. The quantitative estimate of drug-likeness (QED) is 0.877. The summed E-state index contributed by atoms with van der Waals surface area (Å²) in [4.78, 5) is 16.4. The van der Waals surface area contributed by atoms with Crippen molar-refractivity contribution in [2.24, 2.45) is 11.7 Å². The third kappa shape index (κ3) is 2.69. The van der Waals surface area contributed by atoms with Crippen LogP contribution in [0.1, 0.15) is 33.0 Å². The average molecular weight is 252 g/mol. The van der Waals surface area contributed by atoms with Gasteiger partial charge in [0.1, 0.15) is 0 Å². The van der Waals surface area contributed by atoms with Crippen LogP contribution in [0.2, 0.25) is 0 Å². The molecule has 1 saturated heterocycles. The van der Waals surface area contributed by atoms with E-state index in [-0.39, 0.29) is 5.91 Å². The normalized spacial score (nSPS) is 20.6. The lowest BCUT2D eigenvalue weighted by Gasteiger charge is -2.31. The number of nitrogens with zero attached hydrogens (tertiary/aromatic N) is 1. The molecular weight excluding hydrogens is 232 g/mol. The third-order valence-corrected chi connectivity index (χ3v) is 4.66. The van der Waals surface area contributed by atoms with Gasteiger partial charge in [-0.3, -0.25) is 4.79 Å². The van der Waals surface area contributed by atoms with E-state index in [1.807, 2.05) is 11.0 Å².